The molecule has 138 valence electrons. The predicted octanol–water partition coefficient (Wildman–Crippen LogP) is 2.16. The monoisotopic (exact) mass is 355 g/mol. The molecule has 0 saturated carbocycles. The molecule has 3 heterocycles. The van der Waals surface area contributed by atoms with E-state index in [1.807, 2.05) is 48.9 Å². The van der Waals surface area contributed by atoms with E-state index in [1.165, 1.54) is 0 Å². The van der Waals surface area contributed by atoms with Crippen molar-refractivity contribution in [2.24, 2.45) is 0 Å². The van der Waals surface area contributed by atoms with Crippen LogP contribution < -0.4 is 4.90 Å². The van der Waals surface area contributed by atoms with Gasteiger partial charge in [0.05, 0.1) is 13.2 Å². The van der Waals surface area contributed by atoms with Crippen molar-refractivity contribution >= 4 is 11.7 Å². The molecule has 0 unspecified atom stereocenters. The average Bonchev–Trinajstić information content (AvgIpc) is 2.66. The van der Waals surface area contributed by atoms with E-state index in [0.29, 0.717) is 31.1 Å². The van der Waals surface area contributed by atoms with Crippen LogP contribution in [0.1, 0.15) is 40.5 Å². The summed E-state index contributed by atoms with van der Waals surface area (Å²) in [7, 11) is 1.98. The Kier molecular flexibility index (Phi) is 5.46. The quantitative estimate of drug-likeness (QED) is 0.837. The highest BCUT2D eigenvalue weighted by Crippen LogP contribution is 2.25. The number of anilines is 1. The molecule has 0 radical (unpaired) electrons. The van der Waals surface area contributed by atoms with Crippen LogP contribution in [-0.2, 0) is 4.74 Å². The van der Waals surface area contributed by atoms with Crippen molar-refractivity contribution < 1.29 is 9.53 Å². The molecule has 7 nitrogen and oxygen atoms in total. The SMILES string of the molecule is CCN(C)c1ccnc([C@@H]2COCCN2C(=O)c2cc(C)nc(C)c2)n1. The minimum atomic E-state index is -0.296. The third-order valence-electron chi connectivity index (χ3n) is 4.54. The van der Waals surface area contributed by atoms with Gasteiger partial charge in [-0.3, -0.25) is 9.78 Å². The lowest BCUT2D eigenvalue weighted by molar-refractivity contribution is -0.00521. The van der Waals surface area contributed by atoms with Crippen LogP contribution in [0.4, 0.5) is 5.82 Å². The largest absolute Gasteiger partial charge is 0.377 e. The number of carbonyl (C=O) groups excluding carboxylic acids is 1. The maximum absolute atomic E-state index is 13.1. The zero-order valence-electron chi connectivity index (χ0n) is 15.8. The summed E-state index contributed by atoms with van der Waals surface area (Å²) in [6, 6.07) is 5.22. The smallest absolute Gasteiger partial charge is 0.254 e. The Bertz CT molecular complexity index is 775. The lowest BCUT2D eigenvalue weighted by Crippen LogP contribution is -2.44. The number of hydrogen-bond acceptors (Lipinski definition) is 6. The molecule has 1 saturated heterocycles. The molecule has 0 aliphatic carbocycles. The first-order valence-electron chi connectivity index (χ1n) is 8.87. The maximum Gasteiger partial charge on any atom is 0.254 e. The Morgan fingerprint density at radius 1 is 1.31 bits per heavy atom. The van der Waals surface area contributed by atoms with E-state index < -0.39 is 0 Å². The van der Waals surface area contributed by atoms with Crippen LogP contribution in [0.25, 0.3) is 0 Å². The van der Waals surface area contributed by atoms with Crippen molar-refractivity contribution in [3.8, 4) is 0 Å². The van der Waals surface area contributed by atoms with Gasteiger partial charge in [-0.1, -0.05) is 0 Å². The van der Waals surface area contributed by atoms with Crippen LogP contribution in [0.5, 0.6) is 0 Å². The number of aryl methyl sites for hydroxylation is 2. The summed E-state index contributed by atoms with van der Waals surface area (Å²) in [4.78, 5) is 30.4. The molecule has 3 rings (SSSR count). The van der Waals surface area contributed by atoms with Crippen molar-refractivity contribution in [2.45, 2.75) is 26.8 Å². The van der Waals surface area contributed by atoms with Gasteiger partial charge in [-0.05, 0) is 39.0 Å². The van der Waals surface area contributed by atoms with Crippen LogP contribution in [-0.4, -0.2) is 59.1 Å². The van der Waals surface area contributed by atoms with Gasteiger partial charge >= 0.3 is 0 Å². The Balaban J connectivity index is 1.92. The maximum atomic E-state index is 13.1. The molecule has 1 aliphatic heterocycles. The van der Waals surface area contributed by atoms with E-state index in [4.69, 9.17) is 4.74 Å². The molecule has 1 aliphatic rings. The molecule has 0 aromatic carbocycles. The molecule has 1 atom stereocenters. The summed E-state index contributed by atoms with van der Waals surface area (Å²) in [5.41, 5.74) is 2.31. The molecule has 1 fully saturated rings. The first-order valence-corrected chi connectivity index (χ1v) is 8.87. The summed E-state index contributed by atoms with van der Waals surface area (Å²) in [6.07, 6.45) is 1.74. The lowest BCUT2D eigenvalue weighted by Gasteiger charge is -2.35. The second kappa shape index (κ2) is 7.78. The van der Waals surface area contributed by atoms with Crippen molar-refractivity contribution in [1.29, 1.82) is 0 Å². The van der Waals surface area contributed by atoms with Gasteiger partial charge in [-0.25, -0.2) is 9.97 Å². The van der Waals surface area contributed by atoms with Crippen LogP contribution in [0, 0.1) is 13.8 Å². The molecule has 7 heteroatoms. The van der Waals surface area contributed by atoms with Gasteiger partial charge in [0.15, 0.2) is 5.82 Å². The number of hydrogen-bond donors (Lipinski definition) is 0. The van der Waals surface area contributed by atoms with Crippen molar-refractivity contribution in [3.05, 3.63) is 47.2 Å². The number of aromatic nitrogens is 3. The van der Waals surface area contributed by atoms with Gasteiger partial charge in [0, 0.05) is 43.3 Å². The molecule has 2 aromatic heterocycles. The summed E-state index contributed by atoms with van der Waals surface area (Å²) < 4.78 is 5.63. The molecular weight excluding hydrogens is 330 g/mol. The fraction of sp³-hybridized carbons (Fsp3) is 0.474. The number of amides is 1. The number of pyridine rings is 1. The molecule has 2 aromatic rings. The summed E-state index contributed by atoms with van der Waals surface area (Å²) in [5, 5.41) is 0. The normalized spacial score (nSPS) is 17.2. The lowest BCUT2D eigenvalue weighted by atomic mass is 10.1. The van der Waals surface area contributed by atoms with Gasteiger partial charge in [0.2, 0.25) is 0 Å². The second-order valence-corrected chi connectivity index (χ2v) is 6.52. The fourth-order valence-electron chi connectivity index (χ4n) is 3.08. The second-order valence-electron chi connectivity index (χ2n) is 6.52. The number of rotatable bonds is 4. The number of carbonyl (C=O) groups is 1. The number of nitrogens with zero attached hydrogens (tertiary/aromatic N) is 5. The van der Waals surface area contributed by atoms with E-state index in [1.54, 1.807) is 6.20 Å². The highest BCUT2D eigenvalue weighted by molar-refractivity contribution is 5.94. The highest BCUT2D eigenvalue weighted by Gasteiger charge is 2.31. The van der Waals surface area contributed by atoms with E-state index in [-0.39, 0.29) is 11.9 Å². The van der Waals surface area contributed by atoms with Gasteiger partial charge in [-0.2, -0.15) is 0 Å². The Morgan fingerprint density at radius 3 is 2.73 bits per heavy atom. The minimum absolute atomic E-state index is 0.0373. The fourth-order valence-corrected chi connectivity index (χ4v) is 3.08. The Hall–Kier alpha value is -2.54. The molecular formula is C19H25N5O2. The summed E-state index contributed by atoms with van der Waals surface area (Å²) in [5.74, 6) is 1.41. The Morgan fingerprint density at radius 2 is 2.04 bits per heavy atom. The minimum Gasteiger partial charge on any atom is -0.377 e. The third kappa shape index (κ3) is 3.83. The molecule has 0 bridgehead atoms. The topological polar surface area (TPSA) is 71.5 Å². The average molecular weight is 355 g/mol. The van der Waals surface area contributed by atoms with E-state index in [9.17, 15) is 4.79 Å². The Labute approximate surface area is 154 Å². The van der Waals surface area contributed by atoms with Crippen LogP contribution in [0.2, 0.25) is 0 Å². The van der Waals surface area contributed by atoms with Crippen molar-refractivity contribution in [3.63, 3.8) is 0 Å². The zero-order chi connectivity index (χ0) is 18.7. The van der Waals surface area contributed by atoms with E-state index >= 15 is 0 Å². The standard InChI is InChI=1S/C19H25N5O2/c1-5-23(4)17-6-7-20-18(22-17)16-12-26-9-8-24(16)19(25)15-10-13(2)21-14(3)11-15/h6-7,10-11,16H,5,8-9,12H2,1-4H3/t16-/m0/s1. The number of ether oxygens (including phenoxy) is 1. The zero-order valence-corrected chi connectivity index (χ0v) is 15.8. The van der Waals surface area contributed by atoms with Gasteiger partial charge in [0.25, 0.3) is 5.91 Å². The summed E-state index contributed by atoms with van der Waals surface area (Å²) in [6.45, 7) is 8.13. The van der Waals surface area contributed by atoms with Crippen LogP contribution in [0.3, 0.4) is 0 Å². The van der Waals surface area contributed by atoms with Gasteiger partial charge < -0.3 is 14.5 Å². The molecule has 26 heavy (non-hydrogen) atoms. The van der Waals surface area contributed by atoms with E-state index in [0.717, 1.165) is 23.8 Å². The van der Waals surface area contributed by atoms with Crippen LogP contribution in [0.15, 0.2) is 24.4 Å². The first kappa shape index (κ1) is 18.3. The van der Waals surface area contributed by atoms with Crippen LogP contribution >= 0.6 is 0 Å². The highest BCUT2D eigenvalue weighted by atomic mass is 16.5. The predicted molar refractivity (Wildman–Crippen MR) is 99.3 cm³/mol. The van der Waals surface area contributed by atoms with Gasteiger partial charge in [-0.15, -0.1) is 0 Å². The first-order chi connectivity index (χ1) is 12.5. The van der Waals surface area contributed by atoms with Crippen molar-refractivity contribution in [2.75, 3.05) is 38.3 Å². The molecule has 1 amide bonds. The molecule has 0 spiro atoms. The molecule has 0 N–H and O–H groups in total. The summed E-state index contributed by atoms with van der Waals surface area (Å²) >= 11 is 0. The van der Waals surface area contributed by atoms with Crippen molar-refractivity contribution in [1.82, 2.24) is 19.9 Å². The van der Waals surface area contributed by atoms with E-state index in [2.05, 4.69) is 21.9 Å². The number of morpholine rings is 1. The van der Waals surface area contributed by atoms with Gasteiger partial charge in [0.1, 0.15) is 11.9 Å². The third-order valence-corrected chi connectivity index (χ3v) is 4.54.